The molecule has 0 amide bonds. The number of para-hydroxylation sites is 1. The predicted molar refractivity (Wildman–Crippen MR) is 78.6 cm³/mol. The number of aromatic nitrogens is 2. The summed E-state index contributed by atoms with van der Waals surface area (Å²) < 4.78 is 6.06. The molecular formula is C16H21N3O. The molecule has 0 bridgehead atoms. The van der Waals surface area contributed by atoms with Crippen LogP contribution in [0.2, 0.25) is 0 Å². The minimum atomic E-state index is -0.151. The number of nitrogens with one attached hydrogen (secondary N) is 2. The van der Waals surface area contributed by atoms with Gasteiger partial charge in [0.1, 0.15) is 11.4 Å². The van der Waals surface area contributed by atoms with E-state index in [1.165, 1.54) is 11.1 Å². The van der Waals surface area contributed by atoms with Crippen molar-refractivity contribution in [3.05, 3.63) is 47.8 Å². The zero-order chi connectivity index (χ0) is 14.2. The number of hydrogen-bond acceptors (Lipinski definition) is 3. The van der Waals surface area contributed by atoms with E-state index in [1.807, 2.05) is 24.5 Å². The van der Waals surface area contributed by atoms with Gasteiger partial charge in [-0.05, 0) is 26.8 Å². The van der Waals surface area contributed by atoms with Crippen molar-refractivity contribution in [3.8, 4) is 5.75 Å². The first-order valence-corrected chi connectivity index (χ1v) is 7.08. The molecule has 2 unspecified atom stereocenters. The van der Waals surface area contributed by atoms with Gasteiger partial charge in [0.25, 0.3) is 0 Å². The Balaban J connectivity index is 1.85. The smallest absolute Gasteiger partial charge is 0.124 e. The first-order chi connectivity index (χ1) is 9.55. The third-order valence-electron chi connectivity index (χ3n) is 3.85. The zero-order valence-corrected chi connectivity index (χ0v) is 12.2. The second kappa shape index (κ2) is 4.94. The highest BCUT2D eigenvalue weighted by molar-refractivity contribution is 5.38. The van der Waals surface area contributed by atoms with Crippen LogP contribution in [0.4, 0.5) is 0 Å². The van der Waals surface area contributed by atoms with E-state index in [0.29, 0.717) is 6.04 Å². The number of hydrogen-bond donors (Lipinski definition) is 2. The molecule has 1 aromatic heterocycles. The SMILES string of the molecule is CC(NC1CC(C)(C)Oc2ccccc21)c1cn[nH]c1. The van der Waals surface area contributed by atoms with Gasteiger partial charge in [-0.25, -0.2) is 0 Å². The van der Waals surface area contributed by atoms with E-state index in [0.717, 1.165) is 12.2 Å². The lowest BCUT2D eigenvalue weighted by Gasteiger charge is -2.39. The first kappa shape index (κ1) is 13.2. The van der Waals surface area contributed by atoms with Crippen LogP contribution in [-0.4, -0.2) is 15.8 Å². The highest BCUT2D eigenvalue weighted by atomic mass is 16.5. The lowest BCUT2D eigenvalue weighted by Crippen LogP contribution is -2.40. The summed E-state index contributed by atoms with van der Waals surface area (Å²) in [6.45, 7) is 6.44. The topological polar surface area (TPSA) is 49.9 Å². The molecule has 0 spiro atoms. The second-order valence-corrected chi connectivity index (χ2v) is 6.08. The Morgan fingerprint density at radius 3 is 2.95 bits per heavy atom. The molecule has 0 radical (unpaired) electrons. The van der Waals surface area contributed by atoms with Crippen LogP contribution in [0, 0.1) is 0 Å². The van der Waals surface area contributed by atoms with Crippen molar-refractivity contribution in [1.29, 1.82) is 0 Å². The van der Waals surface area contributed by atoms with E-state index < -0.39 is 0 Å². The van der Waals surface area contributed by atoms with Crippen molar-refractivity contribution in [1.82, 2.24) is 15.5 Å². The van der Waals surface area contributed by atoms with Crippen molar-refractivity contribution in [3.63, 3.8) is 0 Å². The lowest BCUT2D eigenvalue weighted by molar-refractivity contribution is 0.0640. The maximum atomic E-state index is 6.06. The summed E-state index contributed by atoms with van der Waals surface area (Å²) in [6.07, 6.45) is 4.76. The average molecular weight is 271 g/mol. The number of benzene rings is 1. The summed E-state index contributed by atoms with van der Waals surface area (Å²) in [5.41, 5.74) is 2.26. The molecule has 1 aromatic carbocycles. The summed E-state index contributed by atoms with van der Waals surface area (Å²) in [4.78, 5) is 0. The van der Waals surface area contributed by atoms with Crippen LogP contribution in [0.5, 0.6) is 5.75 Å². The monoisotopic (exact) mass is 271 g/mol. The Morgan fingerprint density at radius 1 is 1.40 bits per heavy atom. The van der Waals surface area contributed by atoms with Crippen LogP contribution in [0.25, 0.3) is 0 Å². The van der Waals surface area contributed by atoms with Gasteiger partial charge in [-0.3, -0.25) is 5.10 Å². The van der Waals surface area contributed by atoms with Crippen LogP contribution in [0.3, 0.4) is 0 Å². The molecule has 2 aromatic rings. The maximum absolute atomic E-state index is 6.06. The number of ether oxygens (including phenoxy) is 1. The fourth-order valence-corrected chi connectivity index (χ4v) is 2.85. The number of rotatable bonds is 3. The molecule has 4 nitrogen and oxygen atoms in total. The van der Waals surface area contributed by atoms with Crippen LogP contribution >= 0.6 is 0 Å². The molecule has 2 atom stereocenters. The molecule has 3 rings (SSSR count). The van der Waals surface area contributed by atoms with Crippen molar-refractivity contribution in [2.24, 2.45) is 0 Å². The van der Waals surface area contributed by atoms with E-state index in [4.69, 9.17) is 4.74 Å². The van der Waals surface area contributed by atoms with Crippen LogP contribution < -0.4 is 10.1 Å². The van der Waals surface area contributed by atoms with Gasteiger partial charge in [0, 0.05) is 35.8 Å². The Labute approximate surface area is 119 Å². The van der Waals surface area contributed by atoms with E-state index in [1.54, 1.807) is 0 Å². The highest BCUT2D eigenvalue weighted by Crippen LogP contribution is 2.40. The van der Waals surface area contributed by atoms with Gasteiger partial charge in [0.05, 0.1) is 6.20 Å². The first-order valence-electron chi connectivity index (χ1n) is 7.08. The third-order valence-corrected chi connectivity index (χ3v) is 3.85. The maximum Gasteiger partial charge on any atom is 0.124 e. The predicted octanol–water partition coefficient (Wildman–Crippen LogP) is 3.36. The second-order valence-electron chi connectivity index (χ2n) is 6.08. The number of fused-ring (bicyclic) bond motifs is 1. The molecule has 2 N–H and O–H groups in total. The normalized spacial score (nSPS) is 21.9. The molecule has 1 aliphatic rings. The van der Waals surface area contributed by atoms with Gasteiger partial charge in [-0.15, -0.1) is 0 Å². The standard InChI is InChI=1S/C16H21N3O/c1-11(12-9-17-18-10-12)19-14-8-16(2,3)20-15-7-5-4-6-13(14)15/h4-7,9-11,14,19H,8H2,1-3H3,(H,17,18). The molecule has 20 heavy (non-hydrogen) atoms. The Bertz CT molecular complexity index is 577. The van der Waals surface area contributed by atoms with Gasteiger partial charge in [-0.1, -0.05) is 18.2 Å². The van der Waals surface area contributed by atoms with Gasteiger partial charge in [0.15, 0.2) is 0 Å². The number of H-pyrrole nitrogens is 1. The number of nitrogens with zero attached hydrogens (tertiary/aromatic N) is 1. The van der Waals surface area contributed by atoms with Gasteiger partial charge in [0.2, 0.25) is 0 Å². The van der Waals surface area contributed by atoms with Crippen LogP contribution in [0.1, 0.15) is 50.4 Å². The summed E-state index contributed by atoms with van der Waals surface area (Å²) >= 11 is 0. The van der Waals surface area contributed by atoms with Gasteiger partial charge >= 0.3 is 0 Å². The molecule has 0 saturated carbocycles. The molecule has 106 valence electrons. The molecule has 0 saturated heterocycles. The largest absolute Gasteiger partial charge is 0.487 e. The molecule has 4 heteroatoms. The highest BCUT2D eigenvalue weighted by Gasteiger charge is 2.34. The summed E-state index contributed by atoms with van der Waals surface area (Å²) in [6, 6.07) is 8.83. The molecule has 0 aliphatic carbocycles. The summed E-state index contributed by atoms with van der Waals surface area (Å²) in [5.74, 6) is 0.987. The average Bonchev–Trinajstić information content (AvgIpc) is 2.91. The molecule has 2 heterocycles. The summed E-state index contributed by atoms with van der Waals surface area (Å²) in [5, 5.41) is 10.6. The molecular weight excluding hydrogens is 250 g/mol. The van der Waals surface area contributed by atoms with Gasteiger partial charge in [-0.2, -0.15) is 5.10 Å². The van der Waals surface area contributed by atoms with Crippen molar-refractivity contribution in [2.75, 3.05) is 0 Å². The Kier molecular flexibility index (Phi) is 3.26. The third kappa shape index (κ3) is 2.56. The van der Waals surface area contributed by atoms with Crippen molar-refractivity contribution >= 4 is 0 Å². The van der Waals surface area contributed by atoms with E-state index in [2.05, 4.69) is 48.4 Å². The minimum absolute atomic E-state index is 0.151. The fourth-order valence-electron chi connectivity index (χ4n) is 2.85. The fraction of sp³-hybridized carbons (Fsp3) is 0.438. The molecule has 0 fully saturated rings. The van der Waals surface area contributed by atoms with Crippen molar-refractivity contribution < 1.29 is 4.74 Å². The quantitative estimate of drug-likeness (QED) is 0.900. The van der Waals surface area contributed by atoms with Crippen LogP contribution in [-0.2, 0) is 0 Å². The van der Waals surface area contributed by atoms with Gasteiger partial charge < -0.3 is 10.1 Å². The molecule has 1 aliphatic heterocycles. The van der Waals surface area contributed by atoms with E-state index in [9.17, 15) is 0 Å². The Hall–Kier alpha value is -1.81. The van der Waals surface area contributed by atoms with Crippen LogP contribution in [0.15, 0.2) is 36.7 Å². The van der Waals surface area contributed by atoms with E-state index in [-0.39, 0.29) is 11.6 Å². The number of aromatic amines is 1. The summed E-state index contributed by atoms with van der Waals surface area (Å²) in [7, 11) is 0. The Morgan fingerprint density at radius 2 is 2.20 bits per heavy atom. The lowest BCUT2D eigenvalue weighted by atomic mass is 9.89. The minimum Gasteiger partial charge on any atom is -0.487 e. The van der Waals surface area contributed by atoms with E-state index >= 15 is 0 Å². The van der Waals surface area contributed by atoms with Crippen molar-refractivity contribution in [2.45, 2.75) is 44.9 Å². The zero-order valence-electron chi connectivity index (χ0n) is 12.2.